The summed E-state index contributed by atoms with van der Waals surface area (Å²) in [6.45, 7) is 0. The van der Waals surface area contributed by atoms with Crippen molar-refractivity contribution >= 4 is 45.5 Å². The minimum Gasteiger partial charge on any atom is 0 e. The fourth-order valence-corrected chi connectivity index (χ4v) is 0. The van der Waals surface area contributed by atoms with E-state index in [1.165, 1.54) is 0 Å². The maximum Gasteiger partial charge on any atom is 0 e. The van der Waals surface area contributed by atoms with Gasteiger partial charge in [-0.25, -0.2) is 0 Å². The van der Waals surface area contributed by atoms with Crippen molar-refractivity contribution in [1.82, 2.24) is 0 Å². The third-order valence-electron chi connectivity index (χ3n) is 0. The van der Waals surface area contributed by atoms with Crippen molar-refractivity contribution in [2.75, 3.05) is 0 Å². The van der Waals surface area contributed by atoms with Gasteiger partial charge in [-0.15, -0.1) is 0 Å². The number of hydrogen-bond donors (Lipinski definition) is 0. The summed E-state index contributed by atoms with van der Waals surface area (Å²) >= 11 is 0.500. The van der Waals surface area contributed by atoms with Crippen molar-refractivity contribution in [2.24, 2.45) is 0 Å². The molecule has 4 heavy (non-hydrogen) atoms. The van der Waals surface area contributed by atoms with Gasteiger partial charge in [-0.2, -0.15) is 0 Å². The first kappa shape index (κ1) is 15.9. The molecule has 0 saturated heterocycles. The van der Waals surface area contributed by atoms with E-state index in [1.54, 1.807) is 0 Å². The Morgan fingerprint density at radius 1 is 1.25 bits per heavy atom. The van der Waals surface area contributed by atoms with Crippen LogP contribution in [-0.4, -0.2) is 45.5 Å². The summed E-state index contributed by atoms with van der Waals surface area (Å²) in [5, 5.41) is 0. The summed E-state index contributed by atoms with van der Waals surface area (Å²) in [6.07, 6.45) is 0. The molecule has 0 fully saturated rings. The molecule has 0 heterocycles. The molecule has 19 valence electrons. The van der Waals surface area contributed by atoms with Crippen molar-refractivity contribution in [1.29, 1.82) is 0 Å². The van der Waals surface area contributed by atoms with Crippen LogP contribution in [0.2, 0.25) is 0 Å². The van der Waals surface area contributed by atoms with Gasteiger partial charge in [0, 0.05) is 21.7 Å². The van der Waals surface area contributed by atoms with Crippen molar-refractivity contribution in [3.63, 3.8) is 0 Å². The largest absolute Gasteiger partial charge is 0 e. The Morgan fingerprint density at radius 2 is 1.25 bits per heavy atom. The Bertz CT molecular complexity index is 8.00. The van der Waals surface area contributed by atoms with Gasteiger partial charge in [-0.1, -0.05) is 0 Å². The molecule has 0 bridgehead atoms. The molecule has 0 aliphatic rings. The van der Waals surface area contributed by atoms with Crippen LogP contribution in [0, 0.1) is 0 Å². The standard InChI is InChI=1S/Nb.O.Sr.Ti.2H. The van der Waals surface area contributed by atoms with E-state index < -0.39 is 0 Å². The average Bonchev–Trinajstić information content (AvgIpc) is 1.00. The number of rotatable bonds is 0. The summed E-state index contributed by atoms with van der Waals surface area (Å²) in [4.78, 5) is 0. The van der Waals surface area contributed by atoms with E-state index in [1.807, 2.05) is 0 Å². The molecule has 4 heteroatoms. The molecule has 0 atom stereocenters. The molecule has 1 nitrogen and oxygen atoms in total. The van der Waals surface area contributed by atoms with Crippen LogP contribution >= 0.6 is 0 Å². The van der Waals surface area contributed by atoms with E-state index in [0.717, 1.165) is 0 Å². The second-order valence-corrected chi connectivity index (χ2v) is 0. The van der Waals surface area contributed by atoms with E-state index in [0.29, 0.717) is 21.0 Å². The van der Waals surface area contributed by atoms with Gasteiger partial charge in [0.15, 0.2) is 0 Å². The molecular weight excluding hydrogens is 244 g/mol. The Kier molecular flexibility index (Phi) is 68.2. The smallest absolute Gasteiger partial charge is 0 e. The fraction of sp³-hybridized carbons (Fsp3) is 0. The summed E-state index contributed by atoms with van der Waals surface area (Å²) in [6, 6.07) is 0. The third-order valence-corrected chi connectivity index (χ3v) is 0. The van der Waals surface area contributed by atoms with Crippen molar-refractivity contribution in [3.05, 3.63) is 0 Å². The topological polar surface area (TPSA) is 17.1 Å². The first-order valence-corrected chi connectivity index (χ1v) is 1.08. The van der Waals surface area contributed by atoms with Crippen LogP contribution in [-0.2, 0) is 46.0 Å². The van der Waals surface area contributed by atoms with Gasteiger partial charge in [0.05, 0.1) is 0 Å². The van der Waals surface area contributed by atoms with E-state index >= 15 is 0 Å². The van der Waals surface area contributed by atoms with Crippen LogP contribution in [0.5, 0.6) is 0 Å². The zero-order valence-electron chi connectivity index (χ0n) is 1.36. The third kappa shape index (κ3) is 8.83. The SMILES string of the molecule is [O]=[Nb].[SrH2].[Ti]. The molecule has 0 aromatic carbocycles. The monoisotopic (exact) mass is 247 g/mol. The minimum absolute atomic E-state index is 0. The van der Waals surface area contributed by atoms with Crippen LogP contribution in [0.3, 0.4) is 0 Å². The second kappa shape index (κ2) is 17.2. The molecule has 0 rings (SSSR count). The van der Waals surface area contributed by atoms with Gasteiger partial charge in [0.1, 0.15) is 0 Å². The molecule has 0 N–H and O–H groups in total. The van der Waals surface area contributed by atoms with Gasteiger partial charge in [-0.3, -0.25) is 0 Å². The molecule has 0 radical (unpaired) electrons. The van der Waals surface area contributed by atoms with E-state index in [-0.39, 0.29) is 67.2 Å². The molecule has 0 aromatic rings. The zero-order chi connectivity index (χ0) is 2.00. The van der Waals surface area contributed by atoms with Gasteiger partial charge in [0.2, 0.25) is 0 Å². The normalized spacial score (nSPS) is 0.750. The van der Waals surface area contributed by atoms with Gasteiger partial charge < -0.3 is 0 Å². The zero-order valence-corrected chi connectivity index (χ0v) is 5.12. The summed E-state index contributed by atoms with van der Waals surface area (Å²) in [5.41, 5.74) is 0. The maximum absolute atomic E-state index is 8.30. The Morgan fingerprint density at radius 3 is 1.25 bits per heavy atom. The first-order valence-electron chi connectivity index (χ1n) is 0.183. The Balaban J connectivity index is -0.00000000500. The van der Waals surface area contributed by atoms with Crippen molar-refractivity contribution in [2.45, 2.75) is 0 Å². The average molecular weight is 246 g/mol. The Labute approximate surface area is 89.3 Å². The van der Waals surface area contributed by atoms with Gasteiger partial charge in [-0.05, 0) is 0 Å². The molecule has 0 aliphatic carbocycles. The molecule has 0 amide bonds. The summed E-state index contributed by atoms with van der Waals surface area (Å²) in [5.74, 6) is 0. The van der Waals surface area contributed by atoms with Crippen LogP contribution in [0.15, 0.2) is 0 Å². The molecule has 0 aromatic heterocycles. The Hall–Kier alpha value is 2.74. The predicted molar refractivity (Wildman–Crippen MR) is 9.23 cm³/mol. The summed E-state index contributed by atoms with van der Waals surface area (Å²) in [7, 11) is 0. The second-order valence-electron chi connectivity index (χ2n) is 0. The van der Waals surface area contributed by atoms with Gasteiger partial charge in [0.25, 0.3) is 0 Å². The molecule has 0 spiro atoms. The molecule has 0 aliphatic heterocycles. The van der Waals surface area contributed by atoms with E-state index in [9.17, 15) is 0 Å². The fourth-order valence-electron chi connectivity index (χ4n) is 0. The minimum atomic E-state index is 0. The predicted octanol–water partition coefficient (Wildman–Crippen LogP) is -1.04. The van der Waals surface area contributed by atoms with Crippen LogP contribution in [0.25, 0.3) is 0 Å². The quantitative estimate of drug-likeness (QED) is 0.499. The summed E-state index contributed by atoms with van der Waals surface area (Å²) < 4.78 is 8.30. The van der Waals surface area contributed by atoms with E-state index in [4.69, 9.17) is 3.25 Å². The van der Waals surface area contributed by atoms with Crippen molar-refractivity contribution < 1.29 is 46.0 Å². The molecular formula is H2NbOSrTi. The first-order chi connectivity index (χ1) is 1.00. The maximum atomic E-state index is 8.30. The van der Waals surface area contributed by atoms with Crippen LogP contribution in [0.4, 0.5) is 0 Å². The van der Waals surface area contributed by atoms with Crippen molar-refractivity contribution in [3.8, 4) is 0 Å². The van der Waals surface area contributed by atoms with Crippen LogP contribution < -0.4 is 0 Å². The molecule has 0 unspecified atom stereocenters. The number of hydrogen-bond acceptors (Lipinski definition) is 1. The molecule has 0 saturated carbocycles. The van der Waals surface area contributed by atoms with E-state index in [2.05, 4.69) is 0 Å². The van der Waals surface area contributed by atoms with Crippen LogP contribution in [0.1, 0.15) is 0 Å². The van der Waals surface area contributed by atoms with Gasteiger partial charge >= 0.3 is 69.8 Å².